The molecule has 0 fully saturated rings. The quantitative estimate of drug-likeness (QED) is 0.601. The van der Waals surface area contributed by atoms with Gasteiger partial charge in [-0.3, -0.25) is 0 Å². The molecule has 100 valence electrons. The molecule has 2 rings (SSSR count). The summed E-state index contributed by atoms with van der Waals surface area (Å²) in [6.07, 6.45) is 0. The summed E-state index contributed by atoms with van der Waals surface area (Å²) in [5, 5.41) is 31.6. The highest BCUT2D eigenvalue weighted by Crippen LogP contribution is 2.38. The van der Waals surface area contributed by atoms with Crippen LogP contribution in [0.1, 0.15) is 5.56 Å². The molecule has 0 aliphatic heterocycles. The van der Waals surface area contributed by atoms with Crippen LogP contribution in [-0.2, 0) is 6.54 Å². The van der Waals surface area contributed by atoms with E-state index < -0.39 is 5.75 Å². The van der Waals surface area contributed by atoms with Crippen molar-refractivity contribution in [2.45, 2.75) is 6.54 Å². The molecule has 0 spiro atoms. The number of phenols is 3. The number of hydrogen-bond donors (Lipinski definition) is 4. The zero-order valence-corrected chi connectivity index (χ0v) is 12.9. The summed E-state index contributed by atoms with van der Waals surface area (Å²) in [4.78, 5) is 0. The fourth-order valence-electron chi connectivity index (χ4n) is 1.60. The van der Waals surface area contributed by atoms with Crippen LogP contribution >= 0.6 is 31.9 Å². The Morgan fingerprint density at radius 1 is 0.895 bits per heavy atom. The molecule has 0 saturated heterocycles. The van der Waals surface area contributed by atoms with Gasteiger partial charge in [-0.1, -0.05) is 6.07 Å². The molecule has 0 radical (unpaired) electrons. The van der Waals surface area contributed by atoms with Crippen LogP contribution in [0.2, 0.25) is 0 Å². The third kappa shape index (κ3) is 2.96. The lowest BCUT2D eigenvalue weighted by Gasteiger charge is -2.12. The van der Waals surface area contributed by atoms with Crippen LogP contribution in [0, 0.1) is 0 Å². The van der Waals surface area contributed by atoms with Crippen molar-refractivity contribution in [3.63, 3.8) is 0 Å². The summed E-state index contributed by atoms with van der Waals surface area (Å²) < 4.78 is 1.76. The van der Waals surface area contributed by atoms with Gasteiger partial charge in [0.1, 0.15) is 0 Å². The Bertz CT molecular complexity index is 597. The third-order valence-electron chi connectivity index (χ3n) is 2.63. The highest BCUT2D eigenvalue weighted by Gasteiger charge is 2.11. The average Bonchev–Trinajstić information content (AvgIpc) is 2.38. The van der Waals surface area contributed by atoms with E-state index in [2.05, 4.69) is 37.2 Å². The summed E-state index contributed by atoms with van der Waals surface area (Å²) in [7, 11) is 0. The molecule has 2 aromatic rings. The van der Waals surface area contributed by atoms with Gasteiger partial charge in [-0.25, -0.2) is 0 Å². The minimum absolute atomic E-state index is 0.306. The van der Waals surface area contributed by atoms with Crippen LogP contribution < -0.4 is 5.32 Å². The molecule has 4 N–H and O–H groups in total. The molecule has 0 aliphatic rings. The maximum absolute atomic E-state index is 9.72. The summed E-state index contributed by atoms with van der Waals surface area (Å²) in [5.74, 6) is -1.18. The van der Waals surface area contributed by atoms with E-state index in [1.165, 1.54) is 6.07 Å². The molecule has 6 heteroatoms. The number of benzene rings is 2. The van der Waals surface area contributed by atoms with Crippen LogP contribution in [0.3, 0.4) is 0 Å². The predicted molar refractivity (Wildman–Crippen MR) is 80.6 cm³/mol. The van der Waals surface area contributed by atoms with Gasteiger partial charge in [-0.15, -0.1) is 0 Å². The van der Waals surface area contributed by atoms with E-state index in [4.69, 9.17) is 0 Å². The van der Waals surface area contributed by atoms with Crippen molar-refractivity contribution in [2.24, 2.45) is 0 Å². The van der Waals surface area contributed by atoms with E-state index in [0.717, 1.165) is 14.6 Å². The van der Waals surface area contributed by atoms with Gasteiger partial charge in [0, 0.05) is 21.1 Å². The highest BCUT2D eigenvalue weighted by atomic mass is 79.9. The largest absolute Gasteiger partial charge is 0.504 e. The van der Waals surface area contributed by atoms with E-state index in [1.807, 2.05) is 18.2 Å². The first-order chi connectivity index (χ1) is 9.00. The molecule has 0 aromatic heterocycles. The van der Waals surface area contributed by atoms with E-state index >= 15 is 0 Å². The third-order valence-corrected chi connectivity index (χ3v) is 3.95. The number of para-hydroxylation sites is 1. The number of aromatic hydroxyl groups is 3. The molecule has 0 saturated carbocycles. The van der Waals surface area contributed by atoms with Crippen molar-refractivity contribution < 1.29 is 15.3 Å². The van der Waals surface area contributed by atoms with Crippen molar-refractivity contribution in [2.75, 3.05) is 5.32 Å². The van der Waals surface area contributed by atoms with E-state index in [-0.39, 0.29) is 11.5 Å². The maximum atomic E-state index is 9.72. The Labute approximate surface area is 127 Å². The molecular weight excluding hydrogens is 378 g/mol. The Morgan fingerprint density at radius 2 is 1.53 bits per heavy atom. The summed E-state index contributed by atoms with van der Waals surface area (Å²) in [6, 6.07) is 8.55. The molecule has 0 amide bonds. The minimum Gasteiger partial charge on any atom is -0.504 e. The first-order valence-corrected chi connectivity index (χ1v) is 7.00. The second kappa shape index (κ2) is 5.71. The summed E-state index contributed by atoms with van der Waals surface area (Å²) in [5.41, 5.74) is 1.33. The van der Waals surface area contributed by atoms with Crippen LogP contribution in [0.4, 0.5) is 5.69 Å². The lowest BCUT2D eigenvalue weighted by molar-refractivity contribution is 0.365. The first kappa shape index (κ1) is 14.0. The summed E-state index contributed by atoms with van der Waals surface area (Å²) >= 11 is 6.84. The smallest absolute Gasteiger partial charge is 0.200 e. The molecule has 4 nitrogen and oxygen atoms in total. The van der Waals surface area contributed by atoms with Crippen LogP contribution in [0.15, 0.2) is 39.3 Å². The van der Waals surface area contributed by atoms with Crippen molar-refractivity contribution >= 4 is 37.5 Å². The van der Waals surface area contributed by atoms with Gasteiger partial charge in [-0.2, -0.15) is 0 Å². The number of halogens is 2. The number of nitrogens with one attached hydrogen (secondary N) is 1. The lowest BCUT2D eigenvalue weighted by atomic mass is 10.1. The number of rotatable bonds is 3. The zero-order chi connectivity index (χ0) is 14.0. The van der Waals surface area contributed by atoms with E-state index in [1.54, 1.807) is 6.07 Å². The second-order valence-corrected chi connectivity index (χ2v) is 5.60. The Morgan fingerprint density at radius 3 is 2.16 bits per heavy atom. The maximum Gasteiger partial charge on any atom is 0.200 e. The molecular formula is C13H11Br2NO3. The average molecular weight is 389 g/mol. The Balaban J connectivity index is 2.22. The Kier molecular flexibility index (Phi) is 4.21. The standard InChI is InChI=1S/C13H11Br2NO3/c14-8-2-1-3-9(15)11(8)16-6-7-4-5-10(17)13(19)12(7)18/h1-5,16-19H,6H2. The number of hydrogen-bond acceptors (Lipinski definition) is 4. The van der Waals surface area contributed by atoms with E-state index in [0.29, 0.717) is 12.1 Å². The molecule has 0 unspecified atom stereocenters. The molecule has 0 atom stereocenters. The van der Waals surface area contributed by atoms with Gasteiger partial charge >= 0.3 is 0 Å². The van der Waals surface area contributed by atoms with Gasteiger partial charge in [0.15, 0.2) is 11.5 Å². The van der Waals surface area contributed by atoms with Gasteiger partial charge in [0.05, 0.1) is 5.69 Å². The van der Waals surface area contributed by atoms with Crippen molar-refractivity contribution in [3.8, 4) is 17.2 Å². The van der Waals surface area contributed by atoms with Crippen LogP contribution in [0.25, 0.3) is 0 Å². The van der Waals surface area contributed by atoms with Crippen molar-refractivity contribution in [3.05, 3.63) is 44.8 Å². The zero-order valence-electron chi connectivity index (χ0n) is 9.69. The SMILES string of the molecule is Oc1ccc(CNc2c(Br)cccc2Br)c(O)c1O. The summed E-state index contributed by atoms with van der Waals surface area (Å²) in [6.45, 7) is 0.306. The fraction of sp³-hybridized carbons (Fsp3) is 0.0769. The second-order valence-electron chi connectivity index (χ2n) is 3.89. The highest BCUT2D eigenvalue weighted by molar-refractivity contribution is 9.11. The van der Waals surface area contributed by atoms with Gasteiger partial charge in [0.25, 0.3) is 0 Å². The van der Waals surface area contributed by atoms with Crippen molar-refractivity contribution in [1.82, 2.24) is 0 Å². The van der Waals surface area contributed by atoms with E-state index in [9.17, 15) is 15.3 Å². The van der Waals surface area contributed by atoms with Gasteiger partial charge in [-0.05, 0) is 56.1 Å². The number of anilines is 1. The minimum atomic E-state index is -0.509. The topological polar surface area (TPSA) is 72.7 Å². The fourth-order valence-corrected chi connectivity index (χ4v) is 2.88. The molecule has 0 heterocycles. The Hall–Kier alpha value is -1.40. The predicted octanol–water partition coefficient (Wildman–Crippen LogP) is 3.94. The molecule has 19 heavy (non-hydrogen) atoms. The molecule has 0 aliphatic carbocycles. The normalized spacial score (nSPS) is 10.4. The first-order valence-electron chi connectivity index (χ1n) is 5.41. The van der Waals surface area contributed by atoms with Crippen LogP contribution in [0.5, 0.6) is 17.2 Å². The molecule has 2 aromatic carbocycles. The van der Waals surface area contributed by atoms with Crippen LogP contribution in [-0.4, -0.2) is 15.3 Å². The van der Waals surface area contributed by atoms with Gasteiger partial charge in [0.2, 0.25) is 5.75 Å². The van der Waals surface area contributed by atoms with Gasteiger partial charge < -0.3 is 20.6 Å². The molecule has 0 bridgehead atoms. The van der Waals surface area contributed by atoms with Crippen molar-refractivity contribution in [1.29, 1.82) is 0 Å². The number of phenolic OH excluding ortho intramolecular Hbond substituents is 3. The monoisotopic (exact) mass is 387 g/mol. The lowest BCUT2D eigenvalue weighted by Crippen LogP contribution is -2.01.